The lowest BCUT2D eigenvalue weighted by atomic mass is 9.96. The molecule has 0 bridgehead atoms. The molecule has 0 spiro atoms. The highest BCUT2D eigenvalue weighted by atomic mass is 35.5. The highest BCUT2D eigenvalue weighted by molar-refractivity contribution is 7.99. The molecule has 0 aromatic heterocycles. The number of halogens is 1. The van der Waals surface area contributed by atoms with Crippen LogP contribution in [0.3, 0.4) is 0 Å². The average molecular weight is 362 g/mol. The van der Waals surface area contributed by atoms with Crippen molar-refractivity contribution in [1.29, 1.82) is 0 Å². The van der Waals surface area contributed by atoms with Gasteiger partial charge in [-0.25, -0.2) is 0 Å². The molecule has 128 valence electrons. The van der Waals surface area contributed by atoms with Crippen LogP contribution in [-0.4, -0.2) is 11.7 Å². The number of benzene rings is 2. The van der Waals surface area contributed by atoms with E-state index >= 15 is 0 Å². The van der Waals surface area contributed by atoms with Gasteiger partial charge < -0.3 is 5.32 Å². The van der Waals surface area contributed by atoms with E-state index in [9.17, 15) is 4.79 Å². The fraction of sp³-hybridized carbons (Fsp3) is 0.350. The summed E-state index contributed by atoms with van der Waals surface area (Å²) in [5, 5.41) is 3.85. The van der Waals surface area contributed by atoms with Gasteiger partial charge in [0.1, 0.15) is 0 Å². The molecule has 0 saturated heterocycles. The summed E-state index contributed by atoms with van der Waals surface area (Å²) in [7, 11) is 0. The van der Waals surface area contributed by atoms with Crippen molar-refractivity contribution in [3.63, 3.8) is 0 Å². The summed E-state index contributed by atoms with van der Waals surface area (Å²) < 4.78 is 0. The van der Waals surface area contributed by atoms with E-state index in [1.807, 2.05) is 31.2 Å². The highest BCUT2D eigenvalue weighted by Gasteiger charge is 2.13. The van der Waals surface area contributed by atoms with Gasteiger partial charge in [0.05, 0.1) is 11.8 Å². The van der Waals surface area contributed by atoms with E-state index < -0.39 is 0 Å². The maximum atomic E-state index is 12.2. The second-order valence-corrected chi connectivity index (χ2v) is 7.56. The SMILES string of the molecule is Cc1cc(C)c([C@H](C)NC(=O)CSCc2ccccc2Cl)cc1C. The van der Waals surface area contributed by atoms with Crippen LogP contribution in [0.25, 0.3) is 0 Å². The molecular formula is C20H24ClNOS. The Kier molecular flexibility index (Phi) is 6.76. The third-order valence-electron chi connectivity index (χ3n) is 4.17. The van der Waals surface area contributed by atoms with Crippen LogP contribution in [0.4, 0.5) is 0 Å². The molecule has 0 fully saturated rings. The minimum atomic E-state index is 0.0118. The van der Waals surface area contributed by atoms with Gasteiger partial charge in [-0.2, -0.15) is 0 Å². The van der Waals surface area contributed by atoms with E-state index in [1.165, 1.54) is 22.3 Å². The van der Waals surface area contributed by atoms with Crippen molar-refractivity contribution in [3.8, 4) is 0 Å². The summed E-state index contributed by atoms with van der Waals surface area (Å²) in [6, 6.07) is 12.1. The summed E-state index contributed by atoms with van der Waals surface area (Å²) in [6.07, 6.45) is 0. The molecular weight excluding hydrogens is 338 g/mol. The van der Waals surface area contributed by atoms with Crippen molar-refractivity contribution in [1.82, 2.24) is 5.32 Å². The number of carbonyl (C=O) groups excluding carboxylic acids is 1. The molecule has 1 atom stereocenters. The lowest BCUT2D eigenvalue weighted by molar-refractivity contribution is -0.119. The molecule has 24 heavy (non-hydrogen) atoms. The Morgan fingerprint density at radius 2 is 1.79 bits per heavy atom. The minimum Gasteiger partial charge on any atom is -0.349 e. The molecule has 0 unspecified atom stereocenters. The number of carbonyl (C=O) groups is 1. The standard InChI is InChI=1S/C20H24ClNOS/c1-13-9-15(3)18(10-14(13)2)16(4)22-20(23)12-24-11-17-7-5-6-8-19(17)21/h5-10,16H,11-12H2,1-4H3,(H,22,23)/t16-/m0/s1. The zero-order valence-electron chi connectivity index (χ0n) is 14.7. The van der Waals surface area contributed by atoms with Gasteiger partial charge in [-0.05, 0) is 61.6 Å². The van der Waals surface area contributed by atoms with Gasteiger partial charge in [-0.3, -0.25) is 4.79 Å². The van der Waals surface area contributed by atoms with Crippen LogP contribution in [0.15, 0.2) is 36.4 Å². The van der Waals surface area contributed by atoms with Crippen molar-refractivity contribution in [3.05, 3.63) is 69.2 Å². The van der Waals surface area contributed by atoms with E-state index in [0.29, 0.717) is 5.75 Å². The predicted octanol–water partition coefficient (Wildman–Crippen LogP) is 5.38. The number of thioether (sulfide) groups is 1. The molecule has 1 amide bonds. The molecule has 2 aromatic carbocycles. The minimum absolute atomic E-state index is 0.0118. The van der Waals surface area contributed by atoms with E-state index in [1.54, 1.807) is 11.8 Å². The molecule has 0 heterocycles. The first-order valence-electron chi connectivity index (χ1n) is 8.06. The van der Waals surface area contributed by atoms with E-state index in [0.717, 1.165) is 16.3 Å². The van der Waals surface area contributed by atoms with Crippen LogP contribution in [0, 0.1) is 20.8 Å². The first-order valence-corrected chi connectivity index (χ1v) is 9.60. The number of aryl methyl sites for hydroxylation is 3. The Bertz CT molecular complexity index is 730. The topological polar surface area (TPSA) is 29.1 Å². The normalized spacial score (nSPS) is 12.0. The number of hydrogen-bond acceptors (Lipinski definition) is 2. The zero-order chi connectivity index (χ0) is 17.7. The molecule has 2 nitrogen and oxygen atoms in total. The van der Waals surface area contributed by atoms with Crippen molar-refractivity contribution < 1.29 is 4.79 Å². The summed E-state index contributed by atoms with van der Waals surface area (Å²) in [6.45, 7) is 8.34. The lowest BCUT2D eigenvalue weighted by Crippen LogP contribution is -2.28. The van der Waals surface area contributed by atoms with Gasteiger partial charge >= 0.3 is 0 Å². The second-order valence-electron chi connectivity index (χ2n) is 6.17. The zero-order valence-corrected chi connectivity index (χ0v) is 16.2. The Morgan fingerprint density at radius 1 is 1.12 bits per heavy atom. The first-order chi connectivity index (χ1) is 11.4. The summed E-state index contributed by atoms with van der Waals surface area (Å²) in [4.78, 5) is 12.2. The Hall–Kier alpha value is -1.45. The molecule has 0 aliphatic carbocycles. The molecule has 0 saturated carbocycles. The van der Waals surface area contributed by atoms with E-state index in [-0.39, 0.29) is 11.9 Å². The van der Waals surface area contributed by atoms with Gasteiger partial charge in [0.25, 0.3) is 0 Å². The molecule has 0 radical (unpaired) electrons. The van der Waals surface area contributed by atoms with Crippen LogP contribution in [0.1, 0.15) is 40.8 Å². The third kappa shape index (κ3) is 5.02. The molecule has 2 aromatic rings. The quantitative estimate of drug-likeness (QED) is 0.748. The number of rotatable bonds is 6. The summed E-state index contributed by atoms with van der Waals surface area (Å²) in [5.74, 6) is 1.22. The van der Waals surface area contributed by atoms with Crippen LogP contribution in [0.2, 0.25) is 5.02 Å². The third-order valence-corrected chi connectivity index (χ3v) is 5.53. The number of amides is 1. The van der Waals surface area contributed by atoms with Crippen LogP contribution in [-0.2, 0) is 10.5 Å². The van der Waals surface area contributed by atoms with Crippen molar-refractivity contribution in [2.75, 3.05) is 5.75 Å². The summed E-state index contributed by atoms with van der Waals surface area (Å²) in [5.41, 5.74) is 6.00. The van der Waals surface area contributed by atoms with Gasteiger partial charge in [-0.1, -0.05) is 41.9 Å². The average Bonchev–Trinajstić information content (AvgIpc) is 2.52. The van der Waals surface area contributed by atoms with Crippen LogP contribution < -0.4 is 5.32 Å². The highest BCUT2D eigenvalue weighted by Crippen LogP contribution is 2.23. The maximum Gasteiger partial charge on any atom is 0.230 e. The van der Waals surface area contributed by atoms with Crippen molar-refractivity contribution in [2.45, 2.75) is 39.5 Å². The predicted molar refractivity (Wildman–Crippen MR) is 105 cm³/mol. The monoisotopic (exact) mass is 361 g/mol. The largest absolute Gasteiger partial charge is 0.349 e. The molecule has 0 aliphatic heterocycles. The number of hydrogen-bond donors (Lipinski definition) is 1. The lowest BCUT2D eigenvalue weighted by Gasteiger charge is -2.18. The van der Waals surface area contributed by atoms with Crippen LogP contribution in [0.5, 0.6) is 0 Å². The van der Waals surface area contributed by atoms with Gasteiger partial charge in [-0.15, -0.1) is 11.8 Å². The fourth-order valence-corrected chi connectivity index (χ4v) is 3.80. The second kappa shape index (κ2) is 8.59. The molecule has 2 rings (SSSR count). The molecule has 0 aliphatic rings. The van der Waals surface area contributed by atoms with E-state index in [4.69, 9.17) is 11.6 Å². The Balaban J connectivity index is 1.88. The molecule has 1 N–H and O–H groups in total. The maximum absolute atomic E-state index is 12.2. The van der Waals surface area contributed by atoms with Crippen molar-refractivity contribution >= 4 is 29.3 Å². The van der Waals surface area contributed by atoms with E-state index in [2.05, 4.69) is 38.2 Å². The fourth-order valence-electron chi connectivity index (χ4n) is 2.68. The van der Waals surface area contributed by atoms with Gasteiger partial charge in [0.2, 0.25) is 5.91 Å². The summed E-state index contributed by atoms with van der Waals surface area (Å²) >= 11 is 7.71. The van der Waals surface area contributed by atoms with Gasteiger partial charge in [0.15, 0.2) is 0 Å². The number of nitrogens with one attached hydrogen (secondary N) is 1. The molecule has 4 heteroatoms. The smallest absolute Gasteiger partial charge is 0.230 e. The van der Waals surface area contributed by atoms with Gasteiger partial charge in [0, 0.05) is 10.8 Å². The van der Waals surface area contributed by atoms with Crippen molar-refractivity contribution in [2.24, 2.45) is 0 Å². The first kappa shape index (κ1) is 18.9. The van der Waals surface area contributed by atoms with Crippen LogP contribution >= 0.6 is 23.4 Å². The Labute approximate surface area is 154 Å². The Morgan fingerprint density at radius 3 is 2.50 bits per heavy atom.